The number of nitrogens with zero attached hydrogens (tertiary/aromatic N) is 1. The summed E-state index contributed by atoms with van der Waals surface area (Å²) < 4.78 is 70.2. The zero-order valence-electron chi connectivity index (χ0n) is 13.1. The van der Waals surface area contributed by atoms with E-state index in [0.717, 1.165) is 16.4 Å². The molecular formula is C16H13F3N2O4S. The number of carbonyl (C=O) groups excluding carboxylic acids is 1. The van der Waals surface area contributed by atoms with Crippen molar-refractivity contribution in [3.05, 3.63) is 54.1 Å². The molecule has 0 aliphatic carbocycles. The van der Waals surface area contributed by atoms with E-state index in [4.69, 9.17) is 10.5 Å². The average molecular weight is 386 g/mol. The van der Waals surface area contributed by atoms with Crippen molar-refractivity contribution in [2.75, 3.05) is 10.8 Å². The Balaban J connectivity index is 2.04. The number of nitrogens with two attached hydrogens (primary N) is 1. The molecule has 2 N–H and O–H groups in total. The summed E-state index contributed by atoms with van der Waals surface area (Å²) in [6.45, 7) is -0.379. The molecule has 0 fully saturated rings. The number of benzene rings is 2. The van der Waals surface area contributed by atoms with Crippen molar-refractivity contribution < 1.29 is 31.1 Å². The van der Waals surface area contributed by atoms with Crippen LogP contribution in [0.5, 0.6) is 5.75 Å². The van der Waals surface area contributed by atoms with Crippen molar-refractivity contribution >= 4 is 21.6 Å². The molecule has 2 aromatic carbocycles. The normalized spacial score (nSPS) is 17.3. The number of anilines is 1. The van der Waals surface area contributed by atoms with Gasteiger partial charge < -0.3 is 10.5 Å². The van der Waals surface area contributed by atoms with Gasteiger partial charge in [-0.05, 0) is 36.4 Å². The van der Waals surface area contributed by atoms with Gasteiger partial charge in [0.25, 0.3) is 15.9 Å². The zero-order valence-corrected chi connectivity index (χ0v) is 13.9. The number of halogens is 3. The van der Waals surface area contributed by atoms with E-state index in [1.807, 2.05) is 0 Å². The Kier molecular flexibility index (Phi) is 4.31. The largest absolute Gasteiger partial charge is 0.476 e. The van der Waals surface area contributed by atoms with Crippen molar-refractivity contribution in [2.24, 2.45) is 5.73 Å². The van der Waals surface area contributed by atoms with Crippen LogP contribution >= 0.6 is 0 Å². The Labute approximate surface area is 147 Å². The minimum absolute atomic E-state index is 0.137. The van der Waals surface area contributed by atoms with Crippen molar-refractivity contribution in [1.82, 2.24) is 0 Å². The molecule has 0 bridgehead atoms. The maximum absolute atomic E-state index is 12.9. The number of ether oxygens (including phenoxy) is 1. The lowest BCUT2D eigenvalue weighted by molar-refractivity contribution is -0.137. The predicted molar refractivity (Wildman–Crippen MR) is 86.0 cm³/mol. The number of fused-ring (bicyclic) bond motifs is 1. The average Bonchev–Trinajstić information content (AvgIpc) is 2.60. The van der Waals surface area contributed by atoms with Gasteiger partial charge in [-0.1, -0.05) is 12.1 Å². The first-order valence-corrected chi connectivity index (χ1v) is 8.80. The molecule has 26 heavy (non-hydrogen) atoms. The molecule has 0 saturated carbocycles. The molecule has 0 aromatic heterocycles. The summed E-state index contributed by atoms with van der Waals surface area (Å²) >= 11 is 0. The molecule has 3 rings (SSSR count). The number of para-hydroxylation sites is 2. The highest BCUT2D eigenvalue weighted by atomic mass is 32.2. The summed E-state index contributed by atoms with van der Waals surface area (Å²) in [5.74, 6) is -0.717. The second-order valence-corrected chi connectivity index (χ2v) is 7.40. The molecule has 10 heteroatoms. The third-order valence-electron chi connectivity index (χ3n) is 3.82. The molecule has 1 heterocycles. The van der Waals surface area contributed by atoms with Crippen LogP contribution in [0.3, 0.4) is 0 Å². The minimum Gasteiger partial charge on any atom is -0.476 e. The predicted octanol–water partition coefficient (Wildman–Crippen LogP) is 2.15. The number of sulfonamides is 1. The van der Waals surface area contributed by atoms with Gasteiger partial charge in [0.15, 0.2) is 6.10 Å². The fourth-order valence-corrected chi connectivity index (χ4v) is 4.00. The molecule has 1 aliphatic rings. The lowest BCUT2D eigenvalue weighted by Gasteiger charge is -2.34. The van der Waals surface area contributed by atoms with E-state index in [2.05, 4.69) is 0 Å². The maximum atomic E-state index is 12.9. The highest BCUT2D eigenvalue weighted by molar-refractivity contribution is 7.92. The Morgan fingerprint density at radius 1 is 1.12 bits per heavy atom. The Bertz CT molecular complexity index is 943. The summed E-state index contributed by atoms with van der Waals surface area (Å²) in [5.41, 5.74) is 4.43. The number of alkyl halides is 3. The summed E-state index contributed by atoms with van der Waals surface area (Å²) in [7, 11) is -4.23. The van der Waals surface area contributed by atoms with Gasteiger partial charge in [-0.2, -0.15) is 13.2 Å². The first-order chi connectivity index (χ1) is 12.1. The van der Waals surface area contributed by atoms with E-state index in [-0.39, 0.29) is 22.9 Å². The van der Waals surface area contributed by atoms with E-state index >= 15 is 0 Å². The number of hydrogen-bond acceptors (Lipinski definition) is 4. The number of carbonyl (C=O) groups is 1. The van der Waals surface area contributed by atoms with E-state index in [1.165, 1.54) is 12.1 Å². The number of rotatable bonds is 3. The molecule has 0 spiro atoms. The quantitative estimate of drug-likeness (QED) is 0.875. The second kappa shape index (κ2) is 6.20. The molecule has 0 saturated heterocycles. The smallest absolute Gasteiger partial charge is 0.416 e. The van der Waals surface area contributed by atoms with Gasteiger partial charge in [-0.3, -0.25) is 9.10 Å². The highest BCUT2D eigenvalue weighted by Gasteiger charge is 2.37. The van der Waals surface area contributed by atoms with Crippen LogP contribution in [0.15, 0.2) is 53.4 Å². The fraction of sp³-hybridized carbons (Fsp3) is 0.188. The van der Waals surface area contributed by atoms with Gasteiger partial charge in [-0.25, -0.2) is 8.42 Å². The fourth-order valence-electron chi connectivity index (χ4n) is 2.52. The molecule has 6 nitrogen and oxygen atoms in total. The molecular weight excluding hydrogens is 373 g/mol. The van der Waals surface area contributed by atoms with Gasteiger partial charge in [0.2, 0.25) is 0 Å². The molecule has 0 radical (unpaired) electrons. The van der Waals surface area contributed by atoms with Gasteiger partial charge in [-0.15, -0.1) is 0 Å². The van der Waals surface area contributed by atoms with E-state index in [9.17, 15) is 26.4 Å². The molecule has 1 atom stereocenters. The van der Waals surface area contributed by atoms with Crippen molar-refractivity contribution in [2.45, 2.75) is 17.2 Å². The van der Waals surface area contributed by atoms with Crippen molar-refractivity contribution in [3.63, 3.8) is 0 Å². The highest BCUT2D eigenvalue weighted by Crippen LogP contribution is 2.37. The van der Waals surface area contributed by atoms with Gasteiger partial charge in [0.05, 0.1) is 22.7 Å². The lowest BCUT2D eigenvalue weighted by atomic mass is 10.2. The monoisotopic (exact) mass is 386 g/mol. The first-order valence-electron chi connectivity index (χ1n) is 7.36. The first kappa shape index (κ1) is 18.1. The Hall–Kier alpha value is -2.75. The molecule has 2 aromatic rings. The van der Waals surface area contributed by atoms with Gasteiger partial charge in [0.1, 0.15) is 5.75 Å². The maximum Gasteiger partial charge on any atom is 0.416 e. The van der Waals surface area contributed by atoms with Crippen LogP contribution in [0.25, 0.3) is 0 Å². The van der Waals surface area contributed by atoms with Crippen molar-refractivity contribution in [3.8, 4) is 5.75 Å². The SMILES string of the molecule is NC(=O)C1CN(S(=O)(=O)c2ccc(C(F)(F)F)cc2)c2ccccc2O1. The van der Waals surface area contributed by atoms with Crippen LogP contribution in [0.2, 0.25) is 0 Å². The zero-order chi connectivity index (χ0) is 19.1. The van der Waals surface area contributed by atoms with Gasteiger partial charge in [0, 0.05) is 0 Å². The third-order valence-corrected chi connectivity index (χ3v) is 5.62. The Morgan fingerprint density at radius 2 is 1.73 bits per heavy atom. The van der Waals surface area contributed by atoms with Crippen LogP contribution in [0.1, 0.15) is 5.56 Å². The Morgan fingerprint density at radius 3 is 2.31 bits per heavy atom. The summed E-state index contributed by atoms with van der Waals surface area (Å²) in [4.78, 5) is 11.1. The summed E-state index contributed by atoms with van der Waals surface area (Å²) in [6.07, 6.45) is -5.79. The number of amides is 1. The minimum atomic E-state index is -4.58. The van der Waals surface area contributed by atoms with Crippen molar-refractivity contribution in [1.29, 1.82) is 0 Å². The van der Waals surface area contributed by atoms with E-state index < -0.39 is 33.8 Å². The molecule has 138 valence electrons. The van der Waals surface area contributed by atoms with Gasteiger partial charge >= 0.3 is 6.18 Å². The van der Waals surface area contributed by atoms with Crippen LogP contribution < -0.4 is 14.8 Å². The topological polar surface area (TPSA) is 89.7 Å². The molecule has 1 amide bonds. The van der Waals surface area contributed by atoms with Crippen LogP contribution in [0.4, 0.5) is 18.9 Å². The molecule has 1 unspecified atom stereocenters. The van der Waals surface area contributed by atoms with E-state index in [0.29, 0.717) is 12.1 Å². The second-order valence-electron chi connectivity index (χ2n) is 5.53. The summed E-state index contributed by atoms with van der Waals surface area (Å²) in [6, 6.07) is 9.21. The number of primary amides is 1. The standard InChI is InChI=1S/C16H13F3N2O4S/c17-16(18,19)10-5-7-11(8-6-10)26(23,24)21-9-14(15(20)22)25-13-4-2-1-3-12(13)21/h1-8,14H,9H2,(H2,20,22). The number of hydrogen-bond donors (Lipinski definition) is 1. The van der Waals surface area contributed by atoms with E-state index in [1.54, 1.807) is 12.1 Å². The lowest BCUT2D eigenvalue weighted by Crippen LogP contribution is -2.49. The molecule has 1 aliphatic heterocycles. The summed E-state index contributed by atoms with van der Waals surface area (Å²) in [5, 5.41) is 0. The van der Waals surface area contributed by atoms with Crippen LogP contribution in [-0.4, -0.2) is 27.0 Å². The van der Waals surface area contributed by atoms with Crippen LogP contribution in [-0.2, 0) is 21.0 Å². The van der Waals surface area contributed by atoms with Crippen LogP contribution in [0, 0.1) is 0 Å². The third kappa shape index (κ3) is 3.19.